The van der Waals surface area contributed by atoms with Crippen LogP contribution >= 0.6 is 0 Å². The molecule has 0 bridgehead atoms. The first-order chi connectivity index (χ1) is 9.78. The van der Waals surface area contributed by atoms with Crippen LogP contribution in [0.5, 0.6) is 0 Å². The van der Waals surface area contributed by atoms with E-state index in [9.17, 15) is 5.26 Å². The Morgan fingerprint density at radius 2 is 2.15 bits per heavy atom. The van der Waals surface area contributed by atoms with Gasteiger partial charge in [-0.1, -0.05) is 6.07 Å². The number of nitriles is 1. The molecule has 1 N–H and O–H groups in total. The molecule has 1 aromatic rings. The molecular weight excluding hydrogens is 250 g/mol. The first-order valence-corrected chi connectivity index (χ1v) is 7.32. The van der Waals surface area contributed by atoms with Crippen LogP contribution in [0.4, 0.5) is 5.69 Å². The Balaban J connectivity index is 2.08. The van der Waals surface area contributed by atoms with Gasteiger partial charge in [0.05, 0.1) is 17.4 Å². The highest BCUT2D eigenvalue weighted by atomic mass is 16.5. The molecule has 1 fully saturated rings. The molecule has 4 heteroatoms. The molecule has 0 aliphatic carbocycles. The minimum absolute atomic E-state index is 0.380. The van der Waals surface area contributed by atoms with Crippen LogP contribution in [0.25, 0.3) is 0 Å². The standard InChI is InChI=1S/C16H23N3O/c1-3-20-15-6-8-19(9-7-15)16-5-4-13(12-18-2)10-14(16)11-17/h4-5,10,15,18H,3,6-9,12H2,1-2H3. The van der Waals surface area contributed by atoms with E-state index < -0.39 is 0 Å². The molecule has 1 aromatic carbocycles. The zero-order valence-corrected chi connectivity index (χ0v) is 12.4. The van der Waals surface area contributed by atoms with E-state index >= 15 is 0 Å². The Morgan fingerprint density at radius 3 is 2.75 bits per heavy atom. The Bertz CT molecular complexity index is 473. The summed E-state index contributed by atoms with van der Waals surface area (Å²) >= 11 is 0. The van der Waals surface area contributed by atoms with Crippen LogP contribution in [-0.2, 0) is 11.3 Å². The van der Waals surface area contributed by atoms with Gasteiger partial charge in [-0.15, -0.1) is 0 Å². The molecule has 0 saturated carbocycles. The van der Waals surface area contributed by atoms with E-state index in [4.69, 9.17) is 4.74 Å². The van der Waals surface area contributed by atoms with Crippen molar-refractivity contribution in [3.63, 3.8) is 0 Å². The molecular formula is C16H23N3O. The van der Waals surface area contributed by atoms with Gasteiger partial charge in [0, 0.05) is 26.2 Å². The second-order valence-electron chi connectivity index (χ2n) is 5.14. The molecule has 0 unspecified atom stereocenters. The molecule has 1 heterocycles. The number of anilines is 1. The third-order valence-corrected chi connectivity index (χ3v) is 3.75. The number of hydrogen-bond donors (Lipinski definition) is 1. The van der Waals surface area contributed by atoms with Crippen molar-refractivity contribution in [3.05, 3.63) is 29.3 Å². The highest BCUT2D eigenvalue weighted by Gasteiger charge is 2.21. The molecule has 0 aromatic heterocycles. The molecule has 0 radical (unpaired) electrons. The van der Waals surface area contributed by atoms with Gasteiger partial charge >= 0.3 is 0 Å². The summed E-state index contributed by atoms with van der Waals surface area (Å²) in [5.41, 5.74) is 2.98. The smallest absolute Gasteiger partial charge is 0.101 e. The van der Waals surface area contributed by atoms with Gasteiger partial charge in [-0.3, -0.25) is 0 Å². The quantitative estimate of drug-likeness (QED) is 0.894. The Hall–Kier alpha value is -1.57. The lowest BCUT2D eigenvalue weighted by atomic mass is 10.0. The van der Waals surface area contributed by atoms with Crippen LogP contribution in [0.15, 0.2) is 18.2 Å². The molecule has 2 rings (SSSR count). The number of nitrogens with one attached hydrogen (secondary N) is 1. The molecule has 0 atom stereocenters. The van der Waals surface area contributed by atoms with E-state index in [0.717, 1.165) is 55.9 Å². The third-order valence-electron chi connectivity index (χ3n) is 3.75. The lowest BCUT2D eigenvalue weighted by molar-refractivity contribution is 0.0459. The molecule has 0 spiro atoms. The first-order valence-electron chi connectivity index (χ1n) is 7.32. The molecule has 4 nitrogen and oxygen atoms in total. The summed E-state index contributed by atoms with van der Waals surface area (Å²) in [5, 5.41) is 12.5. The number of hydrogen-bond acceptors (Lipinski definition) is 4. The largest absolute Gasteiger partial charge is 0.378 e. The van der Waals surface area contributed by atoms with Crippen molar-refractivity contribution in [2.75, 3.05) is 31.6 Å². The second-order valence-corrected chi connectivity index (χ2v) is 5.14. The Labute approximate surface area is 121 Å². The molecule has 1 aliphatic heterocycles. The average Bonchev–Trinajstić information content (AvgIpc) is 2.49. The first kappa shape index (κ1) is 14.8. The maximum atomic E-state index is 9.36. The van der Waals surface area contributed by atoms with E-state index in [1.807, 2.05) is 20.0 Å². The summed E-state index contributed by atoms with van der Waals surface area (Å²) in [6.07, 6.45) is 2.46. The molecule has 108 valence electrons. The van der Waals surface area contributed by atoms with Gasteiger partial charge in [0.1, 0.15) is 6.07 Å². The minimum Gasteiger partial charge on any atom is -0.378 e. The van der Waals surface area contributed by atoms with Crippen molar-refractivity contribution >= 4 is 5.69 Å². The van der Waals surface area contributed by atoms with Crippen LogP contribution in [0.1, 0.15) is 30.9 Å². The summed E-state index contributed by atoms with van der Waals surface area (Å²) in [5.74, 6) is 0. The second kappa shape index (κ2) is 7.28. The van der Waals surface area contributed by atoms with Gasteiger partial charge < -0.3 is 15.0 Å². The van der Waals surface area contributed by atoms with E-state index in [1.54, 1.807) is 0 Å². The fourth-order valence-electron chi connectivity index (χ4n) is 2.76. The zero-order valence-electron chi connectivity index (χ0n) is 12.4. The van der Waals surface area contributed by atoms with Crippen molar-refractivity contribution in [3.8, 4) is 6.07 Å². The fraction of sp³-hybridized carbons (Fsp3) is 0.562. The SMILES string of the molecule is CCOC1CCN(c2ccc(CNC)cc2C#N)CC1. The normalized spacial score (nSPS) is 16.1. The highest BCUT2D eigenvalue weighted by molar-refractivity contribution is 5.60. The minimum atomic E-state index is 0.380. The van der Waals surface area contributed by atoms with Gasteiger partial charge in [0.25, 0.3) is 0 Å². The fourth-order valence-corrected chi connectivity index (χ4v) is 2.76. The number of ether oxygens (including phenoxy) is 1. The van der Waals surface area contributed by atoms with Crippen LogP contribution in [0, 0.1) is 11.3 Å². The number of rotatable bonds is 5. The van der Waals surface area contributed by atoms with E-state index in [1.165, 1.54) is 0 Å². The number of benzene rings is 1. The maximum Gasteiger partial charge on any atom is 0.101 e. The van der Waals surface area contributed by atoms with Gasteiger partial charge in [0.15, 0.2) is 0 Å². The maximum absolute atomic E-state index is 9.36. The van der Waals surface area contributed by atoms with Crippen molar-refractivity contribution in [1.29, 1.82) is 5.26 Å². The summed E-state index contributed by atoms with van der Waals surface area (Å²) in [6.45, 7) is 5.55. The Kier molecular flexibility index (Phi) is 5.40. The monoisotopic (exact) mass is 273 g/mol. The van der Waals surface area contributed by atoms with E-state index in [2.05, 4.69) is 28.4 Å². The summed E-state index contributed by atoms with van der Waals surface area (Å²) in [6, 6.07) is 8.49. The predicted octanol–water partition coefficient (Wildman–Crippen LogP) is 2.28. The third kappa shape index (κ3) is 3.50. The molecule has 1 aliphatic rings. The number of nitrogens with zero attached hydrogens (tertiary/aromatic N) is 2. The number of piperidine rings is 1. The van der Waals surface area contributed by atoms with E-state index in [0.29, 0.717) is 6.10 Å². The Morgan fingerprint density at radius 1 is 1.40 bits per heavy atom. The van der Waals surface area contributed by atoms with Crippen LogP contribution in [-0.4, -0.2) is 32.8 Å². The zero-order chi connectivity index (χ0) is 14.4. The van der Waals surface area contributed by atoms with Crippen LogP contribution < -0.4 is 10.2 Å². The topological polar surface area (TPSA) is 48.3 Å². The van der Waals surface area contributed by atoms with Crippen molar-refractivity contribution in [1.82, 2.24) is 5.32 Å². The van der Waals surface area contributed by atoms with Crippen LogP contribution in [0.3, 0.4) is 0 Å². The van der Waals surface area contributed by atoms with Crippen molar-refractivity contribution < 1.29 is 4.74 Å². The average molecular weight is 273 g/mol. The summed E-state index contributed by atoms with van der Waals surface area (Å²) in [4.78, 5) is 2.30. The summed E-state index contributed by atoms with van der Waals surface area (Å²) < 4.78 is 5.67. The van der Waals surface area contributed by atoms with Gasteiger partial charge in [-0.25, -0.2) is 0 Å². The van der Waals surface area contributed by atoms with Crippen molar-refractivity contribution in [2.24, 2.45) is 0 Å². The van der Waals surface area contributed by atoms with Gasteiger partial charge in [-0.2, -0.15) is 5.26 Å². The summed E-state index contributed by atoms with van der Waals surface area (Å²) in [7, 11) is 1.92. The lowest BCUT2D eigenvalue weighted by Gasteiger charge is -2.34. The molecule has 20 heavy (non-hydrogen) atoms. The van der Waals surface area contributed by atoms with Gasteiger partial charge in [0.2, 0.25) is 0 Å². The van der Waals surface area contributed by atoms with Crippen LogP contribution in [0.2, 0.25) is 0 Å². The lowest BCUT2D eigenvalue weighted by Crippen LogP contribution is -2.37. The van der Waals surface area contributed by atoms with Crippen molar-refractivity contribution in [2.45, 2.75) is 32.4 Å². The predicted molar refractivity (Wildman–Crippen MR) is 80.8 cm³/mol. The molecule has 1 saturated heterocycles. The molecule has 0 amide bonds. The van der Waals surface area contributed by atoms with Gasteiger partial charge in [-0.05, 0) is 44.5 Å². The van der Waals surface area contributed by atoms with E-state index in [-0.39, 0.29) is 0 Å². The highest BCUT2D eigenvalue weighted by Crippen LogP contribution is 2.25.